The van der Waals surface area contributed by atoms with E-state index in [9.17, 15) is 4.79 Å². The van der Waals surface area contributed by atoms with E-state index in [0.29, 0.717) is 11.8 Å². The lowest BCUT2D eigenvalue weighted by atomic mass is 9.99. The maximum Gasteiger partial charge on any atom is 0.243 e. The van der Waals surface area contributed by atoms with Gasteiger partial charge in [0.15, 0.2) is 5.96 Å². The number of rotatable bonds is 10. The van der Waals surface area contributed by atoms with Crippen molar-refractivity contribution in [3.05, 3.63) is 0 Å². The van der Waals surface area contributed by atoms with Crippen LogP contribution in [0.2, 0.25) is 0 Å². The summed E-state index contributed by atoms with van der Waals surface area (Å²) in [4.78, 5) is 17.8. The Morgan fingerprint density at radius 1 is 1.32 bits per heavy atom. The highest BCUT2D eigenvalue weighted by atomic mass is 127. The molecule has 0 bridgehead atoms. The van der Waals surface area contributed by atoms with E-state index in [4.69, 9.17) is 4.74 Å². The van der Waals surface area contributed by atoms with Gasteiger partial charge in [-0.2, -0.15) is 0 Å². The molecule has 1 heterocycles. The van der Waals surface area contributed by atoms with Crippen LogP contribution in [0, 0.1) is 11.8 Å². The van der Waals surface area contributed by atoms with Crippen LogP contribution < -0.4 is 10.6 Å². The highest BCUT2D eigenvalue weighted by molar-refractivity contribution is 14.0. The first-order valence-electron chi connectivity index (χ1n) is 9.36. The van der Waals surface area contributed by atoms with Gasteiger partial charge in [0.1, 0.15) is 6.54 Å². The molecule has 0 radical (unpaired) electrons. The van der Waals surface area contributed by atoms with E-state index in [1.165, 1.54) is 19.3 Å². The quantitative estimate of drug-likeness (QED) is 0.294. The van der Waals surface area contributed by atoms with Crippen LogP contribution in [-0.2, 0) is 9.53 Å². The van der Waals surface area contributed by atoms with Crippen LogP contribution in [0.15, 0.2) is 4.99 Å². The molecule has 1 aliphatic rings. The van der Waals surface area contributed by atoms with E-state index in [1.54, 1.807) is 19.0 Å². The number of amides is 1. The number of halogens is 1. The van der Waals surface area contributed by atoms with E-state index < -0.39 is 0 Å². The largest absolute Gasteiger partial charge is 0.381 e. The topological polar surface area (TPSA) is 66.0 Å². The summed E-state index contributed by atoms with van der Waals surface area (Å²) in [5.41, 5.74) is 0. The SMILES string of the molecule is CCCCC(CC)CNC(=NCC(=O)N(C)C)NCC1CCOC1.I. The summed E-state index contributed by atoms with van der Waals surface area (Å²) in [6.45, 7) is 8.04. The van der Waals surface area contributed by atoms with Crippen molar-refractivity contribution < 1.29 is 9.53 Å². The van der Waals surface area contributed by atoms with Gasteiger partial charge < -0.3 is 20.3 Å². The van der Waals surface area contributed by atoms with E-state index in [1.807, 2.05) is 0 Å². The fourth-order valence-corrected chi connectivity index (χ4v) is 2.63. The molecule has 2 N–H and O–H groups in total. The van der Waals surface area contributed by atoms with Crippen LogP contribution >= 0.6 is 24.0 Å². The maximum absolute atomic E-state index is 11.8. The van der Waals surface area contributed by atoms with Crippen LogP contribution in [0.5, 0.6) is 0 Å². The summed E-state index contributed by atoms with van der Waals surface area (Å²) in [6.07, 6.45) is 5.98. The van der Waals surface area contributed by atoms with E-state index >= 15 is 0 Å². The third-order valence-corrected chi connectivity index (χ3v) is 4.55. The summed E-state index contributed by atoms with van der Waals surface area (Å²) < 4.78 is 5.42. The number of nitrogens with zero attached hydrogens (tertiary/aromatic N) is 2. The van der Waals surface area contributed by atoms with Crippen LogP contribution in [0.3, 0.4) is 0 Å². The first-order valence-corrected chi connectivity index (χ1v) is 9.36. The summed E-state index contributed by atoms with van der Waals surface area (Å²) in [7, 11) is 3.51. The predicted molar refractivity (Wildman–Crippen MR) is 115 cm³/mol. The van der Waals surface area contributed by atoms with Crippen molar-refractivity contribution in [3.63, 3.8) is 0 Å². The molecule has 1 rings (SSSR count). The van der Waals surface area contributed by atoms with Crippen LogP contribution in [0.25, 0.3) is 0 Å². The number of aliphatic imine (C=N–C) groups is 1. The number of ether oxygens (including phenoxy) is 1. The average molecular weight is 468 g/mol. The van der Waals surface area contributed by atoms with Gasteiger partial charge in [-0.3, -0.25) is 4.79 Å². The average Bonchev–Trinajstić information content (AvgIpc) is 3.09. The maximum atomic E-state index is 11.8. The van der Waals surface area contributed by atoms with Crippen molar-refractivity contribution in [2.24, 2.45) is 16.8 Å². The van der Waals surface area contributed by atoms with Gasteiger partial charge in [-0.15, -0.1) is 24.0 Å². The molecule has 6 nitrogen and oxygen atoms in total. The lowest BCUT2D eigenvalue weighted by Gasteiger charge is -2.19. The van der Waals surface area contributed by atoms with Crippen molar-refractivity contribution in [2.75, 3.05) is 46.9 Å². The highest BCUT2D eigenvalue weighted by Gasteiger charge is 2.16. The molecule has 7 heteroatoms. The number of hydrogen-bond donors (Lipinski definition) is 2. The van der Waals surface area contributed by atoms with E-state index in [2.05, 4.69) is 29.5 Å². The summed E-state index contributed by atoms with van der Waals surface area (Å²) in [5, 5.41) is 6.80. The molecule has 0 aromatic heterocycles. The molecule has 0 aromatic rings. The Bertz CT molecular complexity index is 385. The summed E-state index contributed by atoms with van der Waals surface area (Å²) >= 11 is 0. The molecular weight excluding hydrogens is 431 g/mol. The lowest BCUT2D eigenvalue weighted by Crippen LogP contribution is -2.42. The molecule has 1 saturated heterocycles. The monoisotopic (exact) mass is 468 g/mol. The number of carbonyl (C=O) groups is 1. The minimum Gasteiger partial charge on any atom is -0.381 e. The van der Waals surface area contributed by atoms with Crippen LogP contribution in [0.1, 0.15) is 46.0 Å². The third-order valence-electron chi connectivity index (χ3n) is 4.55. The Balaban J connectivity index is 0.00000576. The molecule has 1 fully saturated rings. The van der Waals surface area contributed by atoms with Gasteiger partial charge >= 0.3 is 0 Å². The molecule has 1 amide bonds. The van der Waals surface area contributed by atoms with E-state index in [-0.39, 0.29) is 36.4 Å². The van der Waals surface area contributed by atoms with Gasteiger partial charge in [-0.25, -0.2) is 4.99 Å². The first kappa shape index (κ1) is 24.4. The molecule has 1 aliphatic heterocycles. The zero-order valence-electron chi connectivity index (χ0n) is 16.3. The zero-order chi connectivity index (χ0) is 17.8. The normalized spacial score (nSPS) is 18.4. The summed E-state index contributed by atoms with van der Waals surface area (Å²) in [5.74, 6) is 1.94. The smallest absolute Gasteiger partial charge is 0.243 e. The van der Waals surface area contributed by atoms with Crippen molar-refractivity contribution in [1.29, 1.82) is 0 Å². The van der Waals surface area contributed by atoms with Gasteiger partial charge in [0.25, 0.3) is 0 Å². The minimum atomic E-state index is 0. The molecule has 2 atom stereocenters. The van der Waals surface area contributed by atoms with Gasteiger partial charge in [0.05, 0.1) is 6.61 Å². The van der Waals surface area contributed by atoms with Gasteiger partial charge in [-0.1, -0.05) is 33.1 Å². The fourth-order valence-electron chi connectivity index (χ4n) is 2.63. The number of hydrogen-bond acceptors (Lipinski definition) is 3. The minimum absolute atomic E-state index is 0. The molecule has 0 saturated carbocycles. The van der Waals surface area contributed by atoms with Crippen molar-refractivity contribution >= 4 is 35.8 Å². The molecule has 0 aromatic carbocycles. The standard InChI is InChI=1S/C18H36N4O2.HI/c1-5-7-8-15(6-2)11-19-18(21-13-17(23)22(3)4)20-12-16-9-10-24-14-16;/h15-16H,5-14H2,1-4H3,(H2,19,20,21);1H. The number of unbranched alkanes of at least 4 members (excludes halogenated alkanes) is 1. The number of nitrogens with one attached hydrogen (secondary N) is 2. The summed E-state index contributed by atoms with van der Waals surface area (Å²) in [6, 6.07) is 0. The molecule has 25 heavy (non-hydrogen) atoms. The predicted octanol–water partition coefficient (Wildman–Crippen LogP) is 2.48. The highest BCUT2D eigenvalue weighted by Crippen LogP contribution is 2.12. The second-order valence-electron chi connectivity index (χ2n) is 6.86. The number of guanidine groups is 1. The zero-order valence-corrected chi connectivity index (χ0v) is 18.7. The van der Waals surface area contributed by atoms with E-state index in [0.717, 1.165) is 45.1 Å². The second kappa shape index (κ2) is 14.6. The molecule has 148 valence electrons. The molecule has 0 aliphatic carbocycles. The Morgan fingerprint density at radius 2 is 2.08 bits per heavy atom. The van der Waals surface area contributed by atoms with Crippen LogP contribution in [-0.4, -0.2) is 63.7 Å². The Kier molecular flexibility index (Phi) is 14.3. The third kappa shape index (κ3) is 10.9. The fraction of sp³-hybridized carbons (Fsp3) is 0.889. The number of carbonyl (C=O) groups excluding carboxylic acids is 1. The Morgan fingerprint density at radius 3 is 2.64 bits per heavy atom. The van der Waals surface area contributed by atoms with Crippen molar-refractivity contribution in [1.82, 2.24) is 15.5 Å². The van der Waals surface area contributed by atoms with Crippen molar-refractivity contribution in [3.8, 4) is 0 Å². The Labute approximate surface area is 170 Å². The Hall–Kier alpha value is -0.570. The van der Waals surface area contributed by atoms with Gasteiger partial charge in [-0.05, 0) is 18.8 Å². The molecule has 0 spiro atoms. The number of likely N-dealkylation sites (N-methyl/N-ethyl adjacent to an activating group) is 1. The molecule has 2 unspecified atom stereocenters. The first-order chi connectivity index (χ1) is 11.6. The second-order valence-corrected chi connectivity index (χ2v) is 6.86. The molecular formula is C18H37IN4O2. The van der Waals surface area contributed by atoms with Crippen molar-refractivity contribution in [2.45, 2.75) is 46.0 Å². The van der Waals surface area contributed by atoms with Crippen LogP contribution in [0.4, 0.5) is 0 Å². The lowest BCUT2D eigenvalue weighted by molar-refractivity contribution is -0.127. The van der Waals surface area contributed by atoms with Gasteiger partial charge in [0.2, 0.25) is 5.91 Å². The van der Waals surface area contributed by atoms with Gasteiger partial charge in [0, 0.05) is 39.7 Å².